The van der Waals surface area contributed by atoms with Gasteiger partial charge in [0.15, 0.2) is 0 Å². The quantitative estimate of drug-likeness (QED) is 0.152. The summed E-state index contributed by atoms with van der Waals surface area (Å²) in [7, 11) is 0. The number of pyridine rings is 2. The Morgan fingerprint density at radius 1 is 0.305 bits per heavy atom. The van der Waals surface area contributed by atoms with Crippen molar-refractivity contribution in [2.24, 2.45) is 0 Å². The Bertz CT molecular complexity index is 3200. The third-order valence-electron chi connectivity index (χ3n) is 11.5. The van der Waals surface area contributed by atoms with Gasteiger partial charge in [-0.25, -0.2) is 0 Å². The van der Waals surface area contributed by atoms with Crippen LogP contribution in [-0.2, 0) is 0 Å². The number of hydrogen-bond acceptors (Lipinski definition) is 3. The lowest BCUT2D eigenvalue weighted by Crippen LogP contribution is -2.11. The molecule has 2 aromatic heterocycles. The third-order valence-corrected chi connectivity index (χ3v) is 11.5. The van der Waals surface area contributed by atoms with Crippen molar-refractivity contribution in [3.05, 3.63) is 225 Å². The molecule has 276 valence electrons. The predicted molar refractivity (Wildman–Crippen MR) is 248 cm³/mol. The average molecular weight is 752 g/mol. The van der Waals surface area contributed by atoms with Gasteiger partial charge in [0.25, 0.3) is 0 Å². The van der Waals surface area contributed by atoms with Crippen molar-refractivity contribution in [2.45, 2.75) is 0 Å². The van der Waals surface area contributed by atoms with E-state index in [1.54, 1.807) is 0 Å². The highest BCUT2D eigenvalue weighted by Gasteiger charge is 2.21. The molecule has 3 nitrogen and oxygen atoms in total. The SMILES string of the molecule is c1ccc(-c2cc(-c3ccccn3)cc(N(c3ccc(-c4c5ccccc5c(-c5cccc6ccccc56)c5ccccc45)cc3)c3cccc4ccccc34)c2)nc1. The standard InChI is InChI=1S/C56H37N3/c1-3-19-45-38(15-1)17-13-25-47(45)56-50-23-7-5-21-48(50)55(49-22-6-8-24-51(49)56)40-29-31-43(32-30-40)59(54-28-14-18-39-16-2-4-20-46(39)54)44-36-41(52-26-9-11-33-57-52)35-42(37-44)53-27-10-12-34-58-53/h1-37H. The fraction of sp³-hybridized carbons (Fsp3) is 0. The topological polar surface area (TPSA) is 29.0 Å². The van der Waals surface area contributed by atoms with Gasteiger partial charge in [-0.2, -0.15) is 0 Å². The van der Waals surface area contributed by atoms with Gasteiger partial charge in [0.05, 0.1) is 17.1 Å². The molecule has 0 aliphatic carbocycles. The molecule has 11 rings (SSSR count). The summed E-state index contributed by atoms with van der Waals surface area (Å²) >= 11 is 0. The normalized spacial score (nSPS) is 11.4. The molecule has 0 radical (unpaired) electrons. The van der Waals surface area contributed by atoms with Gasteiger partial charge in [-0.15, -0.1) is 0 Å². The number of anilines is 3. The minimum Gasteiger partial charge on any atom is -0.310 e. The number of benzene rings is 9. The van der Waals surface area contributed by atoms with Gasteiger partial charge < -0.3 is 4.90 Å². The van der Waals surface area contributed by atoms with Crippen LogP contribution in [0, 0.1) is 0 Å². The van der Waals surface area contributed by atoms with E-state index in [-0.39, 0.29) is 0 Å². The summed E-state index contributed by atoms with van der Waals surface area (Å²) in [6, 6.07) is 76.3. The minimum atomic E-state index is 0.908. The molecule has 0 atom stereocenters. The third kappa shape index (κ3) is 6.08. The molecule has 0 spiro atoms. The number of aromatic nitrogens is 2. The van der Waals surface area contributed by atoms with E-state index in [0.29, 0.717) is 0 Å². The van der Waals surface area contributed by atoms with Crippen LogP contribution in [0.25, 0.3) is 87.9 Å². The second-order valence-electron chi connectivity index (χ2n) is 14.9. The van der Waals surface area contributed by atoms with Crippen LogP contribution in [0.3, 0.4) is 0 Å². The summed E-state index contributed by atoms with van der Waals surface area (Å²) in [6.45, 7) is 0. The molecule has 0 N–H and O–H groups in total. The zero-order chi connectivity index (χ0) is 39.1. The van der Waals surface area contributed by atoms with E-state index in [1.165, 1.54) is 65.3 Å². The summed E-state index contributed by atoms with van der Waals surface area (Å²) in [5, 5.41) is 9.80. The maximum atomic E-state index is 4.78. The van der Waals surface area contributed by atoms with E-state index < -0.39 is 0 Å². The zero-order valence-electron chi connectivity index (χ0n) is 32.2. The second-order valence-corrected chi connectivity index (χ2v) is 14.9. The van der Waals surface area contributed by atoms with Crippen LogP contribution >= 0.6 is 0 Å². The van der Waals surface area contributed by atoms with Gasteiger partial charge in [0.1, 0.15) is 0 Å². The number of rotatable bonds is 7. The minimum absolute atomic E-state index is 0.908. The van der Waals surface area contributed by atoms with Crippen molar-refractivity contribution >= 4 is 60.2 Å². The van der Waals surface area contributed by atoms with Crippen molar-refractivity contribution in [3.63, 3.8) is 0 Å². The molecule has 0 unspecified atom stereocenters. The van der Waals surface area contributed by atoms with Crippen LogP contribution < -0.4 is 4.90 Å². The van der Waals surface area contributed by atoms with Crippen LogP contribution in [0.4, 0.5) is 17.1 Å². The van der Waals surface area contributed by atoms with Gasteiger partial charge >= 0.3 is 0 Å². The Labute approximate surface area is 343 Å². The summed E-state index contributed by atoms with van der Waals surface area (Å²) in [5.74, 6) is 0. The first kappa shape index (κ1) is 34.4. The first-order chi connectivity index (χ1) is 29.3. The lowest BCUT2D eigenvalue weighted by molar-refractivity contribution is 1.27. The largest absolute Gasteiger partial charge is 0.310 e. The van der Waals surface area contributed by atoms with Crippen molar-refractivity contribution in [1.82, 2.24) is 9.97 Å². The molecule has 0 fully saturated rings. The summed E-state index contributed by atoms with van der Waals surface area (Å²) in [4.78, 5) is 11.9. The smallest absolute Gasteiger partial charge is 0.0702 e. The molecule has 0 aliphatic heterocycles. The van der Waals surface area contributed by atoms with Gasteiger partial charge in [0.2, 0.25) is 0 Å². The summed E-state index contributed by atoms with van der Waals surface area (Å²) in [5.41, 5.74) is 12.0. The van der Waals surface area contributed by atoms with Gasteiger partial charge in [0, 0.05) is 40.3 Å². The van der Waals surface area contributed by atoms with Crippen LogP contribution in [0.5, 0.6) is 0 Å². The van der Waals surface area contributed by atoms with Crippen molar-refractivity contribution < 1.29 is 0 Å². The molecule has 2 heterocycles. The zero-order valence-corrected chi connectivity index (χ0v) is 32.2. The predicted octanol–water partition coefficient (Wildman–Crippen LogP) is 15.2. The Morgan fingerprint density at radius 3 is 1.36 bits per heavy atom. The van der Waals surface area contributed by atoms with E-state index in [4.69, 9.17) is 9.97 Å². The first-order valence-electron chi connectivity index (χ1n) is 20.1. The highest BCUT2D eigenvalue weighted by Crippen LogP contribution is 2.47. The van der Waals surface area contributed by atoms with E-state index in [0.717, 1.165) is 39.6 Å². The van der Waals surface area contributed by atoms with E-state index >= 15 is 0 Å². The lowest BCUT2D eigenvalue weighted by atomic mass is 9.85. The highest BCUT2D eigenvalue weighted by atomic mass is 15.1. The average Bonchev–Trinajstić information content (AvgIpc) is 3.31. The number of nitrogens with zero attached hydrogens (tertiary/aromatic N) is 3. The molecule has 0 saturated heterocycles. The number of fused-ring (bicyclic) bond motifs is 4. The van der Waals surface area contributed by atoms with Gasteiger partial charge in [-0.05, 0) is 121 Å². The molecule has 0 saturated carbocycles. The molecule has 0 bridgehead atoms. The van der Waals surface area contributed by atoms with Gasteiger partial charge in [-0.3, -0.25) is 9.97 Å². The fourth-order valence-electron chi connectivity index (χ4n) is 8.88. The molecule has 0 aliphatic rings. The Hall–Kier alpha value is -7.88. The van der Waals surface area contributed by atoms with Gasteiger partial charge in [-0.1, -0.05) is 152 Å². The first-order valence-corrected chi connectivity index (χ1v) is 20.1. The Balaban J connectivity index is 1.13. The van der Waals surface area contributed by atoms with E-state index in [9.17, 15) is 0 Å². The van der Waals surface area contributed by atoms with Crippen LogP contribution in [0.1, 0.15) is 0 Å². The summed E-state index contributed by atoms with van der Waals surface area (Å²) < 4.78 is 0. The molecular weight excluding hydrogens is 715 g/mol. The Morgan fingerprint density at radius 2 is 0.780 bits per heavy atom. The van der Waals surface area contributed by atoms with Crippen LogP contribution in [-0.4, -0.2) is 9.97 Å². The lowest BCUT2D eigenvalue weighted by Gasteiger charge is -2.28. The maximum absolute atomic E-state index is 4.78. The molecule has 59 heavy (non-hydrogen) atoms. The van der Waals surface area contributed by atoms with Crippen LogP contribution in [0.2, 0.25) is 0 Å². The van der Waals surface area contributed by atoms with Crippen molar-refractivity contribution in [3.8, 4) is 44.8 Å². The molecule has 3 heteroatoms. The van der Waals surface area contributed by atoms with Crippen molar-refractivity contribution in [2.75, 3.05) is 4.90 Å². The van der Waals surface area contributed by atoms with Crippen LogP contribution in [0.15, 0.2) is 225 Å². The molecular formula is C56H37N3. The van der Waals surface area contributed by atoms with Crippen molar-refractivity contribution in [1.29, 1.82) is 0 Å². The molecule has 9 aromatic carbocycles. The number of hydrogen-bond donors (Lipinski definition) is 0. The molecule has 0 amide bonds. The maximum Gasteiger partial charge on any atom is 0.0702 e. The van der Waals surface area contributed by atoms with E-state index in [2.05, 4.69) is 193 Å². The highest BCUT2D eigenvalue weighted by molar-refractivity contribution is 6.23. The molecule has 11 aromatic rings. The Kier molecular flexibility index (Phi) is 8.49. The monoisotopic (exact) mass is 751 g/mol. The second kappa shape index (κ2) is 14.6. The fourth-order valence-corrected chi connectivity index (χ4v) is 8.88. The van der Waals surface area contributed by atoms with E-state index in [1.807, 2.05) is 36.7 Å². The summed E-state index contributed by atoms with van der Waals surface area (Å²) in [6.07, 6.45) is 3.71.